The molecule has 4 rings (SSSR count). The normalized spacial score (nSPS) is 18.6. The van der Waals surface area contributed by atoms with Crippen molar-refractivity contribution < 1.29 is 9.34 Å². The van der Waals surface area contributed by atoms with E-state index in [1.165, 1.54) is 6.07 Å². The Morgan fingerprint density at radius 2 is 1.97 bits per heavy atom. The maximum atomic E-state index is 11.4. The first-order valence-corrected chi connectivity index (χ1v) is 10.2. The highest BCUT2D eigenvalue weighted by Crippen LogP contribution is 2.41. The highest BCUT2D eigenvalue weighted by molar-refractivity contribution is 7.80. The van der Waals surface area contributed by atoms with Gasteiger partial charge in [0, 0.05) is 18.8 Å². The van der Waals surface area contributed by atoms with Crippen LogP contribution in [0.5, 0.6) is 0 Å². The number of hydrogen-bond acceptors (Lipinski definition) is 5. The molecule has 0 radical (unpaired) electrons. The Morgan fingerprint density at radius 1 is 1.20 bits per heavy atom. The van der Waals surface area contributed by atoms with Crippen LogP contribution >= 0.6 is 12.2 Å². The van der Waals surface area contributed by atoms with Crippen molar-refractivity contribution in [2.75, 3.05) is 6.54 Å². The van der Waals surface area contributed by atoms with Gasteiger partial charge in [0.1, 0.15) is 17.6 Å². The first kappa shape index (κ1) is 20.0. The van der Waals surface area contributed by atoms with Gasteiger partial charge in [-0.1, -0.05) is 32.0 Å². The molecule has 7 nitrogen and oxygen atoms in total. The number of nitrogens with one attached hydrogen (secondary N) is 1. The second-order valence-electron chi connectivity index (χ2n) is 7.65. The van der Waals surface area contributed by atoms with Crippen LogP contribution in [-0.2, 0) is 0 Å². The standard InChI is InChI=1S/C22H22N4O3S/c1-14(2)13-25-21(20(24-22(25)30)16-8-5-6-12-23-16)19-11-10-18(29-19)15-7-3-4-9-17(15)26(27)28/h3-12,14,20-21H,13H2,1-2H3,(H,24,30)/t20-,21-/m0/s1. The van der Waals surface area contributed by atoms with Crippen LogP contribution in [0.1, 0.15) is 37.4 Å². The molecule has 2 atom stereocenters. The minimum Gasteiger partial charge on any atom is -0.459 e. The van der Waals surface area contributed by atoms with Crippen LogP contribution in [0.15, 0.2) is 65.2 Å². The number of aromatic nitrogens is 1. The summed E-state index contributed by atoms with van der Waals surface area (Å²) in [7, 11) is 0. The van der Waals surface area contributed by atoms with Gasteiger partial charge >= 0.3 is 0 Å². The molecule has 0 spiro atoms. The van der Waals surface area contributed by atoms with Crippen LogP contribution in [0.4, 0.5) is 5.69 Å². The number of furan rings is 1. The zero-order chi connectivity index (χ0) is 21.3. The van der Waals surface area contributed by atoms with E-state index in [0.717, 1.165) is 12.2 Å². The zero-order valence-corrected chi connectivity index (χ0v) is 17.5. The summed E-state index contributed by atoms with van der Waals surface area (Å²) in [5, 5.41) is 15.5. The van der Waals surface area contributed by atoms with Crippen LogP contribution in [0.25, 0.3) is 11.3 Å². The molecular weight excluding hydrogens is 400 g/mol. The van der Waals surface area contributed by atoms with E-state index in [0.29, 0.717) is 28.1 Å². The minimum atomic E-state index is -0.397. The van der Waals surface area contributed by atoms with E-state index in [4.69, 9.17) is 16.6 Å². The molecule has 154 valence electrons. The van der Waals surface area contributed by atoms with Crippen molar-refractivity contribution >= 4 is 23.0 Å². The molecule has 30 heavy (non-hydrogen) atoms. The molecule has 1 saturated heterocycles. The molecule has 1 aromatic carbocycles. The molecule has 1 N–H and O–H groups in total. The molecule has 0 aliphatic carbocycles. The summed E-state index contributed by atoms with van der Waals surface area (Å²) in [6, 6.07) is 15.6. The highest BCUT2D eigenvalue weighted by atomic mass is 32.1. The third-order valence-electron chi connectivity index (χ3n) is 5.04. The van der Waals surface area contributed by atoms with Crippen molar-refractivity contribution in [2.45, 2.75) is 25.9 Å². The van der Waals surface area contributed by atoms with Crippen LogP contribution in [0.3, 0.4) is 0 Å². The zero-order valence-electron chi connectivity index (χ0n) is 16.7. The van der Waals surface area contributed by atoms with E-state index in [2.05, 4.69) is 29.0 Å². The van der Waals surface area contributed by atoms with Crippen molar-refractivity contribution in [3.8, 4) is 11.3 Å². The van der Waals surface area contributed by atoms with Gasteiger partial charge in [-0.05, 0) is 48.5 Å². The monoisotopic (exact) mass is 422 g/mol. The number of rotatable bonds is 6. The maximum absolute atomic E-state index is 11.4. The Balaban J connectivity index is 1.76. The van der Waals surface area contributed by atoms with Gasteiger partial charge in [-0.15, -0.1) is 0 Å². The molecule has 0 bridgehead atoms. The number of nitrogens with zero attached hydrogens (tertiary/aromatic N) is 3. The van der Waals surface area contributed by atoms with Gasteiger partial charge in [-0.2, -0.15) is 0 Å². The Morgan fingerprint density at radius 3 is 2.67 bits per heavy atom. The van der Waals surface area contributed by atoms with Gasteiger partial charge < -0.3 is 14.6 Å². The Labute approximate surface area is 179 Å². The molecule has 2 aromatic heterocycles. The number of thiocarbonyl (C=S) groups is 1. The van der Waals surface area contributed by atoms with E-state index >= 15 is 0 Å². The SMILES string of the molecule is CC(C)CN1C(=S)N[C@@H](c2ccccn2)[C@@H]1c1ccc(-c2ccccc2[N+](=O)[O-])o1. The highest BCUT2D eigenvalue weighted by Gasteiger charge is 2.41. The fourth-order valence-electron chi connectivity index (χ4n) is 3.80. The molecule has 8 heteroatoms. The molecule has 0 amide bonds. The van der Waals surface area contributed by atoms with Gasteiger partial charge in [-0.3, -0.25) is 15.1 Å². The second-order valence-corrected chi connectivity index (χ2v) is 8.04. The summed E-state index contributed by atoms with van der Waals surface area (Å²) >= 11 is 5.62. The summed E-state index contributed by atoms with van der Waals surface area (Å²) in [5.41, 5.74) is 1.32. The number of nitro groups is 1. The molecule has 1 aliphatic heterocycles. The minimum absolute atomic E-state index is 0.0128. The first-order chi connectivity index (χ1) is 14.5. The van der Waals surface area contributed by atoms with Crippen LogP contribution in [0.2, 0.25) is 0 Å². The van der Waals surface area contributed by atoms with Crippen molar-refractivity contribution in [1.29, 1.82) is 0 Å². The van der Waals surface area contributed by atoms with Crippen molar-refractivity contribution in [1.82, 2.24) is 15.2 Å². The summed E-state index contributed by atoms with van der Waals surface area (Å²) in [6.07, 6.45) is 1.75. The van der Waals surface area contributed by atoms with Crippen LogP contribution in [0, 0.1) is 16.0 Å². The van der Waals surface area contributed by atoms with E-state index in [-0.39, 0.29) is 17.8 Å². The summed E-state index contributed by atoms with van der Waals surface area (Å²) in [5.74, 6) is 1.53. The van der Waals surface area contributed by atoms with Gasteiger partial charge in [-0.25, -0.2) is 0 Å². The van der Waals surface area contributed by atoms with Crippen molar-refractivity contribution in [2.24, 2.45) is 5.92 Å². The topological polar surface area (TPSA) is 84.4 Å². The largest absolute Gasteiger partial charge is 0.459 e. The number of para-hydroxylation sites is 1. The van der Waals surface area contributed by atoms with E-state index < -0.39 is 4.92 Å². The third-order valence-corrected chi connectivity index (χ3v) is 5.40. The Bertz CT molecular complexity index is 1070. The van der Waals surface area contributed by atoms with Gasteiger partial charge in [0.25, 0.3) is 5.69 Å². The molecule has 1 fully saturated rings. The third kappa shape index (κ3) is 3.78. The summed E-state index contributed by atoms with van der Waals surface area (Å²) < 4.78 is 6.18. The van der Waals surface area contributed by atoms with E-state index in [1.807, 2.05) is 24.3 Å². The predicted molar refractivity (Wildman–Crippen MR) is 118 cm³/mol. The lowest BCUT2D eigenvalue weighted by atomic mass is 10.0. The molecule has 3 heterocycles. The number of nitro benzene ring substituents is 1. The number of benzene rings is 1. The van der Waals surface area contributed by atoms with Crippen LogP contribution in [-0.4, -0.2) is 26.5 Å². The maximum Gasteiger partial charge on any atom is 0.280 e. The molecule has 0 unspecified atom stereocenters. The lowest BCUT2D eigenvalue weighted by Gasteiger charge is -2.27. The van der Waals surface area contributed by atoms with E-state index in [9.17, 15) is 10.1 Å². The number of hydrogen-bond donors (Lipinski definition) is 1. The average molecular weight is 423 g/mol. The fraction of sp³-hybridized carbons (Fsp3) is 0.273. The fourth-order valence-corrected chi connectivity index (χ4v) is 4.12. The molecule has 1 aliphatic rings. The Kier molecular flexibility index (Phi) is 5.50. The van der Waals surface area contributed by atoms with Gasteiger partial charge in [0.2, 0.25) is 0 Å². The lowest BCUT2D eigenvalue weighted by Crippen LogP contribution is -2.32. The molecule has 0 saturated carbocycles. The van der Waals surface area contributed by atoms with Crippen molar-refractivity contribution in [3.05, 3.63) is 82.4 Å². The summed E-state index contributed by atoms with van der Waals surface area (Å²) in [6.45, 7) is 5.02. The van der Waals surface area contributed by atoms with Crippen molar-refractivity contribution in [3.63, 3.8) is 0 Å². The number of pyridine rings is 1. The lowest BCUT2D eigenvalue weighted by molar-refractivity contribution is -0.384. The Hall–Kier alpha value is -3.26. The second kappa shape index (κ2) is 8.23. The quantitative estimate of drug-likeness (QED) is 0.344. The van der Waals surface area contributed by atoms with E-state index in [1.54, 1.807) is 30.5 Å². The average Bonchev–Trinajstić information content (AvgIpc) is 3.33. The van der Waals surface area contributed by atoms with Crippen LogP contribution < -0.4 is 5.32 Å². The first-order valence-electron chi connectivity index (χ1n) is 9.77. The summed E-state index contributed by atoms with van der Waals surface area (Å²) in [4.78, 5) is 17.7. The molecular formula is C22H22N4O3S. The van der Waals surface area contributed by atoms with Gasteiger partial charge in [0.05, 0.1) is 22.2 Å². The molecule has 3 aromatic rings. The smallest absolute Gasteiger partial charge is 0.280 e. The predicted octanol–water partition coefficient (Wildman–Crippen LogP) is 4.88. The van der Waals surface area contributed by atoms with Gasteiger partial charge in [0.15, 0.2) is 5.11 Å².